The molecule has 112 valence electrons. The molecule has 1 aliphatic rings. The van der Waals surface area contributed by atoms with Crippen LogP contribution in [-0.2, 0) is 0 Å². The first-order valence-corrected chi connectivity index (χ1v) is 8.58. The molecule has 0 amide bonds. The van der Waals surface area contributed by atoms with Gasteiger partial charge in [-0.25, -0.2) is 0 Å². The average molecular weight is 294 g/mol. The molecule has 1 atom stereocenters. The summed E-state index contributed by atoms with van der Waals surface area (Å²) >= 11 is 6.06. The van der Waals surface area contributed by atoms with Gasteiger partial charge in [-0.2, -0.15) is 0 Å². The summed E-state index contributed by atoms with van der Waals surface area (Å²) in [6.07, 6.45) is 9.31. The number of halogens is 1. The zero-order valence-corrected chi connectivity index (χ0v) is 13.6. The molecule has 2 rings (SSSR count). The van der Waals surface area contributed by atoms with Gasteiger partial charge in [0.15, 0.2) is 0 Å². The zero-order valence-electron chi connectivity index (χ0n) is 12.9. The van der Waals surface area contributed by atoms with Crippen molar-refractivity contribution in [2.45, 2.75) is 76.8 Å². The van der Waals surface area contributed by atoms with Crippen LogP contribution >= 0.6 is 11.6 Å². The lowest BCUT2D eigenvalue weighted by molar-refractivity contribution is 0.263. The van der Waals surface area contributed by atoms with Gasteiger partial charge in [-0.1, -0.05) is 56.3 Å². The monoisotopic (exact) mass is 293 g/mol. The second kappa shape index (κ2) is 8.05. The first-order chi connectivity index (χ1) is 9.69. The van der Waals surface area contributed by atoms with Gasteiger partial charge in [-0.05, 0) is 49.8 Å². The van der Waals surface area contributed by atoms with Gasteiger partial charge in [-0.15, -0.1) is 0 Å². The van der Waals surface area contributed by atoms with Crippen LogP contribution in [0.15, 0.2) is 24.3 Å². The maximum Gasteiger partial charge on any atom is 0.0408 e. The third kappa shape index (κ3) is 4.79. The fourth-order valence-electron chi connectivity index (χ4n) is 3.15. The van der Waals surface area contributed by atoms with Gasteiger partial charge < -0.3 is 5.32 Å². The molecule has 1 nitrogen and oxygen atoms in total. The van der Waals surface area contributed by atoms with E-state index >= 15 is 0 Å². The predicted octanol–water partition coefficient (Wildman–Crippen LogP) is 5.53. The van der Waals surface area contributed by atoms with Crippen LogP contribution < -0.4 is 5.32 Å². The molecule has 20 heavy (non-hydrogen) atoms. The normalized spacial score (nSPS) is 23.4. The lowest BCUT2D eigenvalue weighted by Crippen LogP contribution is -2.44. The molecule has 0 aliphatic heterocycles. The van der Waals surface area contributed by atoms with Crippen LogP contribution in [0.2, 0.25) is 5.02 Å². The van der Waals surface area contributed by atoms with E-state index in [2.05, 4.69) is 37.4 Å². The van der Waals surface area contributed by atoms with E-state index in [1.807, 2.05) is 6.07 Å². The number of benzene rings is 1. The number of rotatable bonds is 8. The van der Waals surface area contributed by atoms with Crippen LogP contribution in [-0.4, -0.2) is 12.1 Å². The highest BCUT2D eigenvalue weighted by Crippen LogP contribution is 2.37. The largest absolute Gasteiger partial charge is 0.311 e. The minimum Gasteiger partial charge on any atom is -0.311 e. The number of unbranched alkanes of at least 4 members (excludes halogenated alkanes) is 3. The number of nitrogens with one attached hydrogen (secondary N) is 1. The smallest absolute Gasteiger partial charge is 0.0408 e. The molecule has 1 fully saturated rings. The molecule has 0 saturated heterocycles. The highest BCUT2D eigenvalue weighted by molar-refractivity contribution is 6.30. The Labute approximate surface area is 129 Å². The minimum absolute atomic E-state index is 0.664. The quantitative estimate of drug-likeness (QED) is 0.621. The fourth-order valence-corrected chi connectivity index (χ4v) is 3.35. The van der Waals surface area contributed by atoms with Crippen LogP contribution in [0.3, 0.4) is 0 Å². The molecule has 0 radical (unpaired) electrons. The van der Waals surface area contributed by atoms with E-state index < -0.39 is 0 Å². The summed E-state index contributed by atoms with van der Waals surface area (Å²) in [6.45, 7) is 4.60. The molecule has 0 bridgehead atoms. The molecule has 0 heterocycles. The Bertz CT molecular complexity index is 398. The van der Waals surface area contributed by atoms with E-state index in [-0.39, 0.29) is 0 Å². The Hall–Kier alpha value is -0.530. The van der Waals surface area contributed by atoms with Gasteiger partial charge in [0, 0.05) is 17.1 Å². The van der Waals surface area contributed by atoms with Crippen molar-refractivity contribution in [1.29, 1.82) is 0 Å². The van der Waals surface area contributed by atoms with E-state index in [9.17, 15) is 0 Å². The predicted molar refractivity (Wildman–Crippen MR) is 88.6 cm³/mol. The summed E-state index contributed by atoms with van der Waals surface area (Å²) in [6, 6.07) is 9.72. The molecule has 1 N–H and O–H groups in total. The van der Waals surface area contributed by atoms with E-state index in [4.69, 9.17) is 11.6 Å². The van der Waals surface area contributed by atoms with Crippen molar-refractivity contribution in [3.05, 3.63) is 34.9 Å². The first kappa shape index (κ1) is 15.9. The standard InChI is InChI=1S/C18H28ClN/c1-3-4-5-6-8-14(2)20-18-12-16(13-18)15-9-7-10-17(19)11-15/h7,9-11,14,16,18,20H,3-6,8,12-13H2,1-2H3. The van der Waals surface area contributed by atoms with Crippen molar-refractivity contribution in [3.63, 3.8) is 0 Å². The second-order valence-electron chi connectivity index (χ2n) is 6.34. The number of hydrogen-bond acceptors (Lipinski definition) is 1. The maximum atomic E-state index is 6.06. The van der Waals surface area contributed by atoms with Crippen molar-refractivity contribution >= 4 is 11.6 Å². The van der Waals surface area contributed by atoms with Gasteiger partial charge in [0.1, 0.15) is 0 Å². The molecule has 1 aromatic rings. The summed E-state index contributed by atoms with van der Waals surface area (Å²) < 4.78 is 0. The zero-order chi connectivity index (χ0) is 14.4. The Kier molecular flexibility index (Phi) is 6.38. The molecule has 1 unspecified atom stereocenters. The van der Waals surface area contributed by atoms with Gasteiger partial charge >= 0.3 is 0 Å². The van der Waals surface area contributed by atoms with Crippen LogP contribution in [0, 0.1) is 0 Å². The Balaban J connectivity index is 1.64. The van der Waals surface area contributed by atoms with Crippen molar-refractivity contribution in [1.82, 2.24) is 5.32 Å². The highest BCUT2D eigenvalue weighted by Gasteiger charge is 2.30. The van der Waals surface area contributed by atoms with Crippen LogP contribution in [0.25, 0.3) is 0 Å². The molecular formula is C18H28ClN. The van der Waals surface area contributed by atoms with Gasteiger partial charge in [0.25, 0.3) is 0 Å². The fraction of sp³-hybridized carbons (Fsp3) is 0.667. The van der Waals surface area contributed by atoms with E-state index in [0.717, 1.165) is 5.02 Å². The Morgan fingerprint density at radius 2 is 2.05 bits per heavy atom. The molecule has 1 aromatic carbocycles. The summed E-state index contributed by atoms with van der Waals surface area (Å²) in [7, 11) is 0. The van der Waals surface area contributed by atoms with Gasteiger partial charge in [0.05, 0.1) is 0 Å². The SMILES string of the molecule is CCCCCCC(C)NC1CC(c2cccc(Cl)c2)C1. The van der Waals surface area contributed by atoms with Gasteiger partial charge in [-0.3, -0.25) is 0 Å². The van der Waals surface area contributed by atoms with Crippen molar-refractivity contribution in [2.75, 3.05) is 0 Å². The molecule has 0 spiro atoms. The third-order valence-corrected chi connectivity index (χ3v) is 4.70. The molecule has 1 saturated carbocycles. The number of hydrogen-bond donors (Lipinski definition) is 1. The van der Waals surface area contributed by atoms with Crippen LogP contribution in [0.5, 0.6) is 0 Å². The lowest BCUT2D eigenvalue weighted by Gasteiger charge is -2.38. The molecule has 2 heteroatoms. The highest BCUT2D eigenvalue weighted by atomic mass is 35.5. The van der Waals surface area contributed by atoms with Gasteiger partial charge in [0.2, 0.25) is 0 Å². The van der Waals surface area contributed by atoms with Crippen molar-refractivity contribution in [2.24, 2.45) is 0 Å². The topological polar surface area (TPSA) is 12.0 Å². The minimum atomic E-state index is 0.664. The van der Waals surface area contributed by atoms with Crippen molar-refractivity contribution < 1.29 is 0 Å². The second-order valence-corrected chi connectivity index (χ2v) is 6.77. The molecule has 0 aromatic heterocycles. The van der Waals surface area contributed by atoms with Crippen LogP contribution in [0.4, 0.5) is 0 Å². The van der Waals surface area contributed by atoms with E-state index in [1.165, 1.54) is 50.5 Å². The maximum absolute atomic E-state index is 6.06. The summed E-state index contributed by atoms with van der Waals surface area (Å²) in [5.74, 6) is 0.707. The summed E-state index contributed by atoms with van der Waals surface area (Å²) in [5.41, 5.74) is 1.41. The first-order valence-electron chi connectivity index (χ1n) is 8.20. The average Bonchev–Trinajstić information content (AvgIpc) is 2.38. The van der Waals surface area contributed by atoms with Crippen LogP contribution in [0.1, 0.15) is 70.3 Å². The summed E-state index contributed by atoms with van der Waals surface area (Å²) in [5, 5.41) is 4.64. The van der Waals surface area contributed by atoms with E-state index in [0.29, 0.717) is 18.0 Å². The Morgan fingerprint density at radius 1 is 1.25 bits per heavy atom. The Morgan fingerprint density at radius 3 is 2.75 bits per heavy atom. The third-order valence-electron chi connectivity index (χ3n) is 4.47. The lowest BCUT2D eigenvalue weighted by atomic mass is 9.75. The van der Waals surface area contributed by atoms with E-state index in [1.54, 1.807) is 0 Å². The molecular weight excluding hydrogens is 266 g/mol. The van der Waals surface area contributed by atoms with Crippen molar-refractivity contribution in [3.8, 4) is 0 Å². The summed E-state index contributed by atoms with van der Waals surface area (Å²) in [4.78, 5) is 0. The molecule has 1 aliphatic carbocycles.